The van der Waals surface area contributed by atoms with Gasteiger partial charge in [0.1, 0.15) is 29.0 Å². The van der Waals surface area contributed by atoms with Gasteiger partial charge in [0.2, 0.25) is 0 Å². The summed E-state index contributed by atoms with van der Waals surface area (Å²) < 4.78 is 50.7. The van der Waals surface area contributed by atoms with Gasteiger partial charge in [-0.05, 0) is 12.1 Å². The molecule has 0 radical (unpaired) electrons. The Balaban J connectivity index is 2.52. The summed E-state index contributed by atoms with van der Waals surface area (Å²) in [4.78, 5) is 0. The van der Waals surface area contributed by atoms with E-state index in [2.05, 4.69) is 0 Å². The minimum Gasteiger partial charge on any atom is -0.497 e. The monoisotopic (exact) mass is 316 g/mol. The van der Waals surface area contributed by atoms with Gasteiger partial charge < -0.3 is 9.47 Å². The van der Waals surface area contributed by atoms with Crippen LogP contribution in [0.2, 0.25) is 0 Å². The Labute approximate surface area is 125 Å². The minimum atomic E-state index is -1.16. The van der Waals surface area contributed by atoms with Gasteiger partial charge in [0.25, 0.3) is 0 Å². The van der Waals surface area contributed by atoms with Crippen molar-refractivity contribution in [2.45, 2.75) is 5.38 Å². The van der Waals surface area contributed by atoms with Crippen molar-refractivity contribution in [3.63, 3.8) is 0 Å². The Morgan fingerprint density at radius 2 is 1.57 bits per heavy atom. The predicted molar refractivity (Wildman–Crippen MR) is 73.6 cm³/mol. The number of methoxy groups -OCH3 is 2. The Hall–Kier alpha value is -1.88. The number of halogens is 4. The van der Waals surface area contributed by atoms with Crippen LogP contribution in [0, 0.1) is 17.5 Å². The fourth-order valence-electron chi connectivity index (χ4n) is 1.98. The van der Waals surface area contributed by atoms with E-state index in [0.29, 0.717) is 29.2 Å². The molecule has 2 aromatic carbocycles. The van der Waals surface area contributed by atoms with Crippen LogP contribution in [0.15, 0.2) is 30.3 Å². The first-order valence-corrected chi connectivity index (χ1v) is 6.42. The summed E-state index contributed by atoms with van der Waals surface area (Å²) in [7, 11) is 2.88. The normalized spacial score (nSPS) is 12.1. The lowest BCUT2D eigenvalue weighted by molar-refractivity contribution is 0.391. The maximum absolute atomic E-state index is 13.8. The van der Waals surface area contributed by atoms with Crippen LogP contribution in [0.1, 0.15) is 16.5 Å². The molecule has 1 atom stereocenters. The summed E-state index contributed by atoms with van der Waals surface area (Å²) >= 11 is 6.15. The molecule has 0 fully saturated rings. The van der Waals surface area contributed by atoms with Crippen molar-refractivity contribution >= 4 is 11.6 Å². The lowest BCUT2D eigenvalue weighted by Gasteiger charge is -2.16. The van der Waals surface area contributed by atoms with Gasteiger partial charge in [-0.2, -0.15) is 0 Å². The second-order valence-corrected chi connectivity index (χ2v) is 4.69. The van der Waals surface area contributed by atoms with Gasteiger partial charge in [0.05, 0.1) is 19.6 Å². The van der Waals surface area contributed by atoms with E-state index in [0.717, 1.165) is 0 Å². The second-order valence-electron chi connectivity index (χ2n) is 4.25. The maximum Gasteiger partial charge on any atom is 0.134 e. The van der Waals surface area contributed by atoms with Crippen molar-refractivity contribution in [1.29, 1.82) is 0 Å². The zero-order valence-electron chi connectivity index (χ0n) is 11.3. The second kappa shape index (κ2) is 6.26. The molecule has 2 aromatic rings. The van der Waals surface area contributed by atoms with Crippen LogP contribution in [0.3, 0.4) is 0 Å². The number of alkyl halides is 1. The van der Waals surface area contributed by atoms with Crippen molar-refractivity contribution in [3.05, 3.63) is 58.9 Å². The molecule has 6 heteroatoms. The molecule has 1 unspecified atom stereocenters. The number of hydrogen-bond donors (Lipinski definition) is 0. The molecule has 0 aliphatic heterocycles. The predicted octanol–water partition coefficient (Wildman–Crippen LogP) is 4.45. The topological polar surface area (TPSA) is 18.5 Å². The van der Waals surface area contributed by atoms with Crippen LogP contribution in [-0.2, 0) is 0 Å². The van der Waals surface area contributed by atoms with Gasteiger partial charge in [0.15, 0.2) is 0 Å². The molecule has 0 aromatic heterocycles. The zero-order chi connectivity index (χ0) is 15.6. The van der Waals surface area contributed by atoms with E-state index in [9.17, 15) is 13.2 Å². The SMILES string of the molecule is COc1ccc(C(Cl)c2c(F)cc(F)cc2F)c(OC)c1. The molecule has 0 amide bonds. The standard InChI is InChI=1S/C15H12ClF3O2/c1-20-9-3-4-10(13(7-9)21-2)15(16)14-11(18)5-8(17)6-12(14)19/h3-7,15H,1-2H3. The van der Waals surface area contributed by atoms with Crippen LogP contribution in [0.5, 0.6) is 11.5 Å². The smallest absolute Gasteiger partial charge is 0.134 e. The van der Waals surface area contributed by atoms with E-state index in [1.165, 1.54) is 20.3 Å². The van der Waals surface area contributed by atoms with Gasteiger partial charge in [-0.25, -0.2) is 13.2 Å². The highest BCUT2D eigenvalue weighted by atomic mass is 35.5. The number of benzene rings is 2. The molecule has 0 aliphatic carbocycles. The highest BCUT2D eigenvalue weighted by molar-refractivity contribution is 6.22. The average molecular weight is 317 g/mol. The molecule has 0 N–H and O–H groups in total. The Bertz CT molecular complexity index is 638. The van der Waals surface area contributed by atoms with E-state index in [4.69, 9.17) is 21.1 Å². The van der Waals surface area contributed by atoms with E-state index in [1.54, 1.807) is 12.1 Å². The third-order valence-corrected chi connectivity index (χ3v) is 3.46. The van der Waals surface area contributed by atoms with E-state index in [-0.39, 0.29) is 0 Å². The Morgan fingerprint density at radius 3 is 2.10 bits per heavy atom. The molecule has 21 heavy (non-hydrogen) atoms. The van der Waals surface area contributed by atoms with E-state index < -0.39 is 28.4 Å². The van der Waals surface area contributed by atoms with Crippen LogP contribution in [0.4, 0.5) is 13.2 Å². The van der Waals surface area contributed by atoms with Gasteiger partial charge in [-0.15, -0.1) is 11.6 Å². The van der Waals surface area contributed by atoms with E-state index >= 15 is 0 Å². The largest absolute Gasteiger partial charge is 0.497 e. The molecule has 0 spiro atoms. The highest BCUT2D eigenvalue weighted by Gasteiger charge is 2.24. The van der Waals surface area contributed by atoms with Crippen LogP contribution >= 0.6 is 11.6 Å². The van der Waals surface area contributed by atoms with Crippen LogP contribution < -0.4 is 9.47 Å². The zero-order valence-corrected chi connectivity index (χ0v) is 12.0. The summed E-state index contributed by atoms with van der Waals surface area (Å²) in [5.74, 6) is -2.27. The van der Waals surface area contributed by atoms with Gasteiger partial charge in [0, 0.05) is 29.3 Å². The lowest BCUT2D eigenvalue weighted by Crippen LogP contribution is -2.04. The fourth-order valence-corrected chi connectivity index (χ4v) is 2.37. The molecular formula is C15H12ClF3O2. The molecule has 2 rings (SSSR count). The first-order chi connectivity index (χ1) is 9.97. The number of hydrogen-bond acceptors (Lipinski definition) is 2. The minimum absolute atomic E-state index is 0.317. The molecule has 2 nitrogen and oxygen atoms in total. The number of ether oxygens (including phenoxy) is 2. The first-order valence-electron chi connectivity index (χ1n) is 5.98. The summed E-state index contributed by atoms with van der Waals surface area (Å²) in [6, 6.07) is 5.85. The Morgan fingerprint density at radius 1 is 0.952 bits per heavy atom. The summed E-state index contributed by atoms with van der Waals surface area (Å²) in [6.07, 6.45) is 0. The van der Waals surface area contributed by atoms with Gasteiger partial charge in [-0.1, -0.05) is 0 Å². The third-order valence-electron chi connectivity index (χ3n) is 3.01. The first kappa shape index (κ1) is 15.5. The molecule has 0 bridgehead atoms. The molecular weight excluding hydrogens is 305 g/mol. The summed E-state index contributed by atoms with van der Waals surface area (Å²) in [5, 5.41) is -1.16. The number of rotatable bonds is 4. The van der Waals surface area contributed by atoms with Crippen molar-refractivity contribution < 1.29 is 22.6 Å². The molecule has 0 heterocycles. The van der Waals surface area contributed by atoms with Gasteiger partial charge >= 0.3 is 0 Å². The highest BCUT2D eigenvalue weighted by Crippen LogP contribution is 2.39. The quantitative estimate of drug-likeness (QED) is 0.776. The summed E-state index contributed by atoms with van der Waals surface area (Å²) in [5.41, 5.74) is -0.0779. The maximum atomic E-state index is 13.8. The third kappa shape index (κ3) is 3.08. The van der Waals surface area contributed by atoms with Crippen LogP contribution in [0.25, 0.3) is 0 Å². The van der Waals surface area contributed by atoms with E-state index in [1.807, 2.05) is 0 Å². The molecule has 0 saturated carbocycles. The molecule has 0 aliphatic rings. The Kier molecular flexibility index (Phi) is 4.63. The summed E-state index contributed by atoms with van der Waals surface area (Å²) in [6.45, 7) is 0. The average Bonchev–Trinajstić information content (AvgIpc) is 2.45. The molecule has 112 valence electrons. The van der Waals surface area contributed by atoms with Crippen LogP contribution in [-0.4, -0.2) is 14.2 Å². The van der Waals surface area contributed by atoms with Gasteiger partial charge in [-0.3, -0.25) is 0 Å². The van der Waals surface area contributed by atoms with Crippen molar-refractivity contribution in [1.82, 2.24) is 0 Å². The lowest BCUT2D eigenvalue weighted by atomic mass is 10.0. The van der Waals surface area contributed by atoms with Crippen molar-refractivity contribution in [2.75, 3.05) is 14.2 Å². The van der Waals surface area contributed by atoms with Crippen molar-refractivity contribution in [2.24, 2.45) is 0 Å². The molecule has 0 saturated heterocycles. The fraction of sp³-hybridized carbons (Fsp3) is 0.200. The van der Waals surface area contributed by atoms with Crippen molar-refractivity contribution in [3.8, 4) is 11.5 Å².